The van der Waals surface area contributed by atoms with Crippen molar-refractivity contribution >= 4 is 23.2 Å². The molecule has 0 radical (unpaired) electrons. The van der Waals surface area contributed by atoms with E-state index in [4.69, 9.17) is 16.3 Å². The SMILES string of the molecule is COc1cn(CC2=CC=CC(Cl)C2)c(Nc2cc(C)c(OC(F)F)cc2C)nc1=O. The van der Waals surface area contributed by atoms with E-state index < -0.39 is 12.2 Å². The summed E-state index contributed by atoms with van der Waals surface area (Å²) < 4.78 is 36.6. The highest BCUT2D eigenvalue weighted by Gasteiger charge is 2.16. The molecule has 9 heteroatoms. The van der Waals surface area contributed by atoms with Crippen LogP contribution in [0.15, 0.2) is 46.9 Å². The molecule has 2 aromatic rings. The van der Waals surface area contributed by atoms with E-state index in [9.17, 15) is 13.6 Å². The molecule has 0 amide bonds. The summed E-state index contributed by atoms with van der Waals surface area (Å²) in [5.74, 6) is 0.511. The van der Waals surface area contributed by atoms with Crippen molar-refractivity contribution in [2.24, 2.45) is 0 Å². The second-order valence-electron chi connectivity index (χ2n) is 6.93. The molecule has 0 saturated carbocycles. The monoisotopic (exact) mass is 437 g/mol. The first-order valence-corrected chi connectivity index (χ1v) is 9.69. The van der Waals surface area contributed by atoms with E-state index in [-0.39, 0.29) is 16.9 Å². The number of rotatable bonds is 7. The van der Waals surface area contributed by atoms with E-state index in [2.05, 4.69) is 15.0 Å². The van der Waals surface area contributed by atoms with Gasteiger partial charge >= 0.3 is 12.2 Å². The van der Waals surface area contributed by atoms with E-state index in [1.165, 1.54) is 13.2 Å². The average molecular weight is 438 g/mol. The molecule has 0 aliphatic heterocycles. The lowest BCUT2D eigenvalue weighted by Crippen LogP contribution is -2.20. The minimum absolute atomic E-state index is 0.0945. The molecule has 0 bridgehead atoms. The fraction of sp³-hybridized carbons (Fsp3) is 0.333. The van der Waals surface area contributed by atoms with Gasteiger partial charge in [0.05, 0.1) is 18.7 Å². The molecule has 1 atom stereocenters. The molecule has 30 heavy (non-hydrogen) atoms. The van der Waals surface area contributed by atoms with Gasteiger partial charge < -0.3 is 19.4 Å². The highest BCUT2D eigenvalue weighted by atomic mass is 35.5. The van der Waals surface area contributed by atoms with Crippen molar-refractivity contribution in [2.75, 3.05) is 12.4 Å². The lowest BCUT2D eigenvalue weighted by Gasteiger charge is -2.20. The number of halogens is 3. The number of nitrogens with one attached hydrogen (secondary N) is 1. The summed E-state index contributed by atoms with van der Waals surface area (Å²) in [7, 11) is 1.41. The van der Waals surface area contributed by atoms with Crippen molar-refractivity contribution in [2.45, 2.75) is 38.8 Å². The molecular weight excluding hydrogens is 416 g/mol. The largest absolute Gasteiger partial charge is 0.490 e. The van der Waals surface area contributed by atoms with Crippen LogP contribution in [0.25, 0.3) is 0 Å². The van der Waals surface area contributed by atoms with Crippen LogP contribution in [0.1, 0.15) is 17.5 Å². The fourth-order valence-corrected chi connectivity index (χ4v) is 3.42. The Kier molecular flexibility index (Phi) is 6.77. The van der Waals surface area contributed by atoms with Gasteiger partial charge in [-0.2, -0.15) is 13.8 Å². The maximum atomic E-state index is 12.6. The number of ether oxygens (including phenoxy) is 2. The summed E-state index contributed by atoms with van der Waals surface area (Å²) in [6.45, 7) is 0.957. The van der Waals surface area contributed by atoms with Gasteiger partial charge in [-0.05, 0) is 49.1 Å². The first-order valence-electron chi connectivity index (χ1n) is 9.25. The zero-order valence-corrected chi connectivity index (χ0v) is 17.5. The first kappa shape index (κ1) is 21.8. The Morgan fingerprint density at radius 3 is 2.73 bits per heavy atom. The molecule has 1 N–H and O–H groups in total. The van der Waals surface area contributed by atoms with Gasteiger partial charge in [0.2, 0.25) is 11.7 Å². The van der Waals surface area contributed by atoms with Crippen molar-refractivity contribution in [1.29, 1.82) is 0 Å². The van der Waals surface area contributed by atoms with Crippen LogP contribution in [0, 0.1) is 13.8 Å². The van der Waals surface area contributed by atoms with Gasteiger partial charge in [0, 0.05) is 12.2 Å². The first-order chi connectivity index (χ1) is 14.3. The summed E-state index contributed by atoms with van der Waals surface area (Å²) in [6.07, 6.45) is 8.02. The molecule has 6 nitrogen and oxygen atoms in total. The zero-order valence-electron chi connectivity index (χ0n) is 16.8. The van der Waals surface area contributed by atoms with Crippen LogP contribution in [-0.2, 0) is 6.54 Å². The predicted octanol–water partition coefficient (Wildman–Crippen LogP) is 4.71. The third-order valence-electron chi connectivity index (χ3n) is 4.65. The van der Waals surface area contributed by atoms with Crippen molar-refractivity contribution in [3.63, 3.8) is 0 Å². The Balaban J connectivity index is 1.96. The number of alkyl halides is 3. The van der Waals surface area contributed by atoms with Crippen LogP contribution in [-0.4, -0.2) is 28.6 Å². The Labute approximate surface area is 177 Å². The smallest absolute Gasteiger partial charge is 0.387 e. The van der Waals surface area contributed by atoms with E-state index in [1.807, 2.05) is 18.2 Å². The van der Waals surface area contributed by atoms with Crippen LogP contribution < -0.4 is 20.3 Å². The molecule has 1 aromatic heterocycles. The minimum atomic E-state index is -2.90. The summed E-state index contributed by atoms with van der Waals surface area (Å²) in [4.78, 5) is 16.4. The number of anilines is 2. The van der Waals surface area contributed by atoms with E-state index in [0.29, 0.717) is 35.7 Å². The molecule has 0 spiro atoms. The van der Waals surface area contributed by atoms with Crippen molar-refractivity contribution < 1.29 is 18.3 Å². The lowest BCUT2D eigenvalue weighted by atomic mass is 10.0. The highest BCUT2D eigenvalue weighted by molar-refractivity contribution is 6.22. The third kappa shape index (κ3) is 5.18. The third-order valence-corrected chi connectivity index (χ3v) is 4.95. The molecule has 0 fully saturated rings. The summed E-state index contributed by atoms with van der Waals surface area (Å²) in [5, 5.41) is 3.04. The Bertz CT molecular complexity index is 1050. The second kappa shape index (κ2) is 9.30. The summed E-state index contributed by atoms with van der Waals surface area (Å²) >= 11 is 6.21. The molecular formula is C21H22ClF2N3O3. The minimum Gasteiger partial charge on any atom is -0.490 e. The highest BCUT2D eigenvalue weighted by Crippen LogP contribution is 2.29. The standard InChI is InChI=1S/C21H22ClF2N3O3/c1-12-8-17(30-20(23)24)13(2)7-16(12)25-21-26-19(28)18(29-3)11-27(21)10-14-5-4-6-15(22)9-14/h4-8,11,15,20H,9-10H2,1-3H3,(H,25,26,28). The van der Waals surface area contributed by atoms with Crippen LogP contribution >= 0.6 is 11.6 Å². The molecule has 160 valence electrons. The van der Waals surface area contributed by atoms with Crippen LogP contribution in [0.4, 0.5) is 20.4 Å². The Hall–Kier alpha value is -2.87. The van der Waals surface area contributed by atoms with Crippen molar-refractivity contribution in [1.82, 2.24) is 9.55 Å². The number of hydrogen-bond donors (Lipinski definition) is 1. The van der Waals surface area contributed by atoms with Crippen LogP contribution in [0.2, 0.25) is 0 Å². The van der Waals surface area contributed by atoms with Gasteiger partial charge in [0.1, 0.15) is 5.75 Å². The number of aryl methyl sites for hydroxylation is 2. The maximum absolute atomic E-state index is 12.6. The molecule has 1 aliphatic carbocycles. The normalized spacial score (nSPS) is 15.8. The van der Waals surface area contributed by atoms with Crippen molar-refractivity contribution in [3.05, 3.63) is 63.6 Å². The summed E-state index contributed by atoms with van der Waals surface area (Å²) in [5.41, 5.74) is 2.34. The number of allylic oxidation sites excluding steroid dienone is 4. The van der Waals surface area contributed by atoms with Gasteiger partial charge in [-0.3, -0.25) is 4.79 Å². The molecule has 3 rings (SSSR count). The Morgan fingerprint density at radius 2 is 2.07 bits per heavy atom. The molecule has 0 saturated heterocycles. The molecule has 1 aliphatic rings. The fourth-order valence-electron chi connectivity index (χ4n) is 3.14. The number of methoxy groups -OCH3 is 1. The maximum Gasteiger partial charge on any atom is 0.387 e. The van der Waals surface area contributed by atoms with E-state index in [1.54, 1.807) is 30.7 Å². The zero-order chi connectivity index (χ0) is 21.8. The quantitative estimate of drug-likeness (QED) is 0.635. The number of nitrogens with zero attached hydrogens (tertiary/aromatic N) is 2. The lowest BCUT2D eigenvalue weighted by molar-refractivity contribution is -0.0503. The molecule has 1 unspecified atom stereocenters. The Morgan fingerprint density at radius 1 is 1.30 bits per heavy atom. The number of benzene rings is 1. The second-order valence-corrected chi connectivity index (χ2v) is 7.49. The average Bonchev–Trinajstić information content (AvgIpc) is 2.67. The van der Waals surface area contributed by atoms with Gasteiger partial charge in [-0.25, -0.2) is 0 Å². The van der Waals surface area contributed by atoms with E-state index in [0.717, 1.165) is 5.57 Å². The summed E-state index contributed by atoms with van der Waals surface area (Å²) in [6, 6.07) is 3.19. The number of aromatic nitrogens is 2. The van der Waals surface area contributed by atoms with Gasteiger partial charge in [-0.15, -0.1) is 11.6 Å². The van der Waals surface area contributed by atoms with Gasteiger partial charge in [0.15, 0.2) is 0 Å². The van der Waals surface area contributed by atoms with Crippen LogP contribution in [0.5, 0.6) is 11.5 Å². The number of hydrogen-bond acceptors (Lipinski definition) is 5. The predicted molar refractivity (Wildman–Crippen MR) is 112 cm³/mol. The van der Waals surface area contributed by atoms with Crippen LogP contribution in [0.3, 0.4) is 0 Å². The van der Waals surface area contributed by atoms with Gasteiger partial charge in [-0.1, -0.05) is 18.2 Å². The van der Waals surface area contributed by atoms with Gasteiger partial charge in [0.25, 0.3) is 0 Å². The molecule has 1 aromatic carbocycles. The van der Waals surface area contributed by atoms with E-state index >= 15 is 0 Å². The van der Waals surface area contributed by atoms with Crippen molar-refractivity contribution in [3.8, 4) is 11.5 Å². The topological polar surface area (TPSA) is 65.4 Å². The molecule has 1 heterocycles.